The monoisotopic (exact) mass is 347 g/mol. The lowest BCUT2D eigenvalue weighted by atomic mass is 10.2. The van der Waals surface area contributed by atoms with Gasteiger partial charge in [-0.15, -0.1) is 0 Å². The fraction of sp³-hybridized carbons (Fsp3) is 0.188. The normalized spacial score (nSPS) is 11.5. The van der Waals surface area contributed by atoms with Crippen molar-refractivity contribution in [3.63, 3.8) is 0 Å². The molecule has 0 saturated heterocycles. The molecule has 1 aromatic heterocycles. The number of hydrogen-bond acceptors (Lipinski definition) is 2. The van der Waals surface area contributed by atoms with Crippen LogP contribution in [0.3, 0.4) is 0 Å². The van der Waals surface area contributed by atoms with Crippen LogP contribution in [0.1, 0.15) is 19.9 Å². The fourth-order valence-electron chi connectivity index (χ4n) is 2.54. The van der Waals surface area contributed by atoms with Crippen LogP contribution in [0.2, 0.25) is 0 Å². The highest BCUT2D eigenvalue weighted by molar-refractivity contribution is 9.10. The highest BCUT2D eigenvalue weighted by atomic mass is 79.9. The van der Waals surface area contributed by atoms with Gasteiger partial charge in [-0.3, -0.25) is 0 Å². The van der Waals surface area contributed by atoms with Crippen LogP contribution in [0.15, 0.2) is 40.9 Å². The van der Waals surface area contributed by atoms with Gasteiger partial charge in [0.2, 0.25) is 0 Å². The van der Waals surface area contributed by atoms with Crippen molar-refractivity contribution in [2.24, 2.45) is 0 Å². The van der Waals surface area contributed by atoms with Crippen LogP contribution in [0.25, 0.3) is 22.4 Å². The Labute approximate surface area is 130 Å². The Hall–Kier alpha value is -1.88. The largest absolute Gasteiger partial charge is 0.399 e. The number of fused-ring (bicyclic) bond motifs is 1. The van der Waals surface area contributed by atoms with Crippen molar-refractivity contribution in [1.82, 2.24) is 9.55 Å². The van der Waals surface area contributed by atoms with Gasteiger partial charge in [-0.2, -0.15) is 0 Å². The first-order valence-electron chi connectivity index (χ1n) is 6.69. The number of anilines is 1. The average molecular weight is 348 g/mol. The van der Waals surface area contributed by atoms with Crippen LogP contribution in [0.5, 0.6) is 0 Å². The molecule has 0 spiro atoms. The summed E-state index contributed by atoms with van der Waals surface area (Å²) in [7, 11) is 0. The van der Waals surface area contributed by atoms with Gasteiger partial charge in [-0.05, 0) is 44.2 Å². The van der Waals surface area contributed by atoms with Gasteiger partial charge in [0, 0.05) is 27.8 Å². The van der Waals surface area contributed by atoms with E-state index in [4.69, 9.17) is 5.73 Å². The molecule has 3 rings (SSSR count). The molecule has 0 atom stereocenters. The molecule has 3 nitrogen and oxygen atoms in total. The van der Waals surface area contributed by atoms with Gasteiger partial charge >= 0.3 is 0 Å². The first kappa shape index (κ1) is 14.1. The van der Waals surface area contributed by atoms with E-state index in [9.17, 15) is 4.39 Å². The summed E-state index contributed by atoms with van der Waals surface area (Å²) in [5.74, 6) is 0.509. The minimum Gasteiger partial charge on any atom is -0.399 e. The molecular weight excluding hydrogens is 333 g/mol. The number of rotatable bonds is 2. The second-order valence-corrected chi connectivity index (χ2v) is 6.22. The van der Waals surface area contributed by atoms with Crippen LogP contribution in [0.4, 0.5) is 10.1 Å². The Bertz CT molecular complexity index is 803. The number of aromatic nitrogens is 2. The molecule has 3 aromatic rings. The summed E-state index contributed by atoms with van der Waals surface area (Å²) in [4.78, 5) is 4.59. The van der Waals surface area contributed by atoms with Crippen molar-refractivity contribution in [3.05, 3.63) is 46.7 Å². The zero-order chi connectivity index (χ0) is 15.1. The number of halogens is 2. The van der Waals surface area contributed by atoms with E-state index in [1.54, 1.807) is 6.07 Å². The number of nitrogen functional groups attached to an aromatic ring is 1. The number of benzene rings is 2. The third-order valence-electron chi connectivity index (χ3n) is 3.35. The summed E-state index contributed by atoms with van der Waals surface area (Å²) in [6.07, 6.45) is 0. The molecule has 108 valence electrons. The molecule has 2 aromatic carbocycles. The standard InChI is InChI=1S/C16H15BrFN3/c1-9(2)21-15-4-3-12(18)8-14(15)20-16(21)10-5-11(17)7-13(19)6-10/h3-9H,19H2,1-2H3. The van der Waals surface area contributed by atoms with Gasteiger partial charge in [0.25, 0.3) is 0 Å². The SMILES string of the molecule is CC(C)n1c(-c2cc(N)cc(Br)c2)nc2cc(F)ccc21. The summed E-state index contributed by atoms with van der Waals surface area (Å²) in [5, 5.41) is 0. The van der Waals surface area contributed by atoms with Crippen molar-refractivity contribution >= 4 is 32.7 Å². The molecule has 0 fully saturated rings. The Morgan fingerprint density at radius 3 is 2.62 bits per heavy atom. The van der Waals surface area contributed by atoms with Crippen molar-refractivity contribution in [2.45, 2.75) is 19.9 Å². The van der Waals surface area contributed by atoms with Gasteiger partial charge in [-0.25, -0.2) is 9.37 Å². The molecule has 0 aliphatic rings. The topological polar surface area (TPSA) is 43.8 Å². The lowest BCUT2D eigenvalue weighted by Gasteiger charge is -2.13. The third-order valence-corrected chi connectivity index (χ3v) is 3.80. The van der Waals surface area contributed by atoms with Gasteiger partial charge in [0.1, 0.15) is 11.6 Å². The molecule has 0 bridgehead atoms. The van der Waals surface area contributed by atoms with Crippen LogP contribution in [0, 0.1) is 5.82 Å². The molecule has 2 N–H and O–H groups in total. The molecule has 0 aliphatic carbocycles. The van der Waals surface area contributed by atoms with Gasteiger partial charge < -0.3 is 10.3 Å². The number of nitrogens with two attached hydrogens (primary N) is 1. The van der Waals surface area contributed by atoms with Gasteiger partial charge in [-0.1, -0.05) is 15.9 Å². The Kier molecular flexibility index (Phi) is 3.45. The van der Waals surface area contributed by atoms with E-state index in [-0.39, 0.29) is 11.9 Å². The summed E-state index contributed by atoms with van der Waals surface area (Å²) in [6, 6.07) is 10.6. The van der Waals surface area contributed by atoms with Crippen molar-refractivity contribution < 1.29 is 4.39 Å². The predicted molar refractivity (Wildman–Crippen MR) is 87.6 cm³/mol. The fourth-order valence-corrected chi connectivity index (χ4v) is 3.05. The molecule has 0 unspecified atom stereocenters. The van der Waals surface area contributed by atoms with Crippen molar-refractivity contribution in [3.8, 4) is 11.4 Å². The van der Waals surface area contributed by atoms with Crippen molar-refractivity contribution in [2.75, 3.05) is 5.73 Å². The first-order chi connectivity index (χ1) is 9.95. The van der Waals surface area contributed by atoms with Gasteiger partial charge in [0.15, 0.2) is 0 Å². The number of imidazole rings is 1. The maximum atomic E-state index is 13.4. The van der Waals surface area contributed by atoms with E-state index in [1.807, 2.05) is 18.2 Å². The zero-order valence-corrected chi connectivity index (χ0v) is 13.4. The highest BCUT2D eigenvalue weighted by Gasteiger charge is 2.16. The second kappa shape index (κ2) is 5.15. The van der Waals surface area contributed by atoms with Crippen LogP contribution >= 0.6 is 15.9 Å². The van der Waals surface area contributed by atoms with E-state index in [2.05, 4.69) is 39.3 Å². The lowest BCUT2D eigenvalue weighted by Crippen LogP contribution is -2.03. The zero-order valence-electron chi connectivity index (χ0n) is 11.8. The Morgan fingerprint density at radius 2 is 1.95 bits per heavy atom. The molecular formula is C16H15BrFN3. The summed E-state index contributed by atoms with van der Waals surface area (Å²) in [6.45, 7) is 4.16. The van der Waals surface area contributed by atoms with Crippen molar-refractivity contribution in [1.29, 1.82) is 0 Å². The quantitative estimate of drug-likeness (QED) is 0.678. The summed E-state index contributed by atoms with van der Waals surface area (Å²) in [5.41, 5.74) is 9.05. The molecule has 0 saturated carbocycles. The van der Waals surface area contributed by atoms with Crippen LogP contribution < -0.4 is 5.73 Å². The number of nitrogens with zero attached hydrogens (tertiary/aromatic N) is 2. The summed E-state index contributed by atoms with van der Waals surface area (Å²) >= 11 is 3.45. The molecule has 21 heavy (non-hydrogen) atoms. The van der Waals surface area contributed by atoms with E-state index < -0.39 is 0 Å². The second-order valence-electron chi connectivity index (χ2n) is 5.31. The average Bonchev–Trinajstić information content (AvgIpc) is 2.75. The maximum Gasteiger partial charge on any atom is 0.141 e. The van der Waals surface area contributed by atoms with E-state index in [1.165, 1.54) is 12.1 Å². The Morgan fingerprint density at radius 1 is 1.19 bits per heavy atom. The summed E-state index contributed by atoms with van der Waals surface area (Å²) < 4.78 is 16.4. The number of hydrogen-bond donors (Lipinski definition) is 1. The Balaban J connectivity index is 2.33. The third kappa shape index (κ3) is 2.53. The van der Waals surface area contributed by atoms with Crippen LogP contribution in [-0.4, -0.2) is 9.55 Å². The molecule has 0 amide bonds. The first-order valence-corrected chi connectivity index (χ1v) is 7.49. The highest BCUT2D eigenvalue weighted by Crippen LogP contribution is 2.31. The van der Waals surface area contributed by atoms with E-state index >= 15 is 0 Å². The van der Waals surface area contributed by atoms with Crippen LogP contribution in [-0.2, 0) is 0 Å². The molecule has 1 heterocycles. The molecule has 5 heteroatoms. The smallest absolute Gasteiger partial charge is 0.141 e. The van der Waals surface area contributed by atoms with E-state index in [0.29, 0.717) is 11.2 Å². The lowest BCUT2D eigenvalue weighted by molar-refractivity contribution is 0.620. The van der Waals surface area contributed by atoms with E-state index in [0.717, 1.165) is 21.4 Å². The minimum absolute atomic E-state index is 0.204. The molecule has 0 aliphatic heterocycles. The molecule has 0 radical (unpaired) electrons. The predicted octanol–water partition coefficient (Wildman–Crippen LogP) is 4.77. The van der Waals surface area contributed by atoms with Gasteiger partial charge in [0.05, 0.1) is 11.0 Å². The maximum absolute atomic E-state index is 13.4. The minimum atomic E-state index is -0.281.